The van der Waals surface area contributed by atoms with Gasteiger partial charge in [0.15, 0.2) is 0 Å². The summed E-state index contributed by atoms with van der Waals surface area (Å²) in [5.74, 6) is 0. The number of aliphatic hydroxyl groups is 1. The molecule has 0 unspecified atom stereocenters. The highest BCUT2D eigenvalue weighted by molar-refractivity contribution is 5.76. The maximum absolute atomic E-state index is 12.4. The molecule has 0 spiro atoms. The number of aliphatic hydroxyl groups excluding tert-OH is 1. The molecule has 3 atom stereocenters. The molecule has 0 aromatic rings. The third kappa shape index (κ3) is 3.45. The monoisotopic (exact) mass is 314 g/mol. The first-order valence-corrected chi connectivity index (χ1v) is 7.61. The number of amides is 2. The van der Waals surface area contributed by atoms with Crippen LogP contribution in [0.4, 0.5) is 9.59 Å². The van der Waals surface area contributed by atoms with Crippen LogP contribution >= 0.6 is 0 Å². The summed E-state index contributed by atoms with van der Waals surface area (Å²) in [5, 5.41) is 12.6. The minimum absolute atomic E-state index is 0.234. The van der Waals surface area contributed by atoms with Crippen LogP contribution in [0.1, 0.15) is 54.4 Å². The fourth-order valence-corrected chi connectivity index (χ4v) is 2.84. The second kappa shape index (κ2) is 5.30. The van der Waals surface area contributed by atoms with Crippen LogP contribution in [-0.2, 0) is 9.47 Å². The zero-order valence-electron chi connectivity index (χ0n) is 14.1. The molecule has 1 saturated carbocycles. The average Bonchev–Trinajstić information content (AvgIpc) is 2.79. The predicted molar refractivity (Wildman–Crippen MR) is 79.0 cm³/mol. The number of rotatable bonds is 0. The van der Waals surface area contributed by atoms with Gasteiger partial charge in [-0.25, -0.2) is 19.6 Å². The number of carbonyl (C=O) groups is 2. The van der Waals surface area contributed by atoms with Crippen LogP contribution in [0, 0.1) is 0 Å². The van der Waals surface area contributed by atoms with E-state index < -0.39 is 35.5 Å². The van der Waals surface area contributed by atoms with E-state index in [1.165, 1.54) is 10.0 Å². The molecule has 2 fully saturated rings. The van der Waals surface area contributed by atoms with Gasteiger partial charge in [0, 0.05) is 0 Å². The molecule has 7 heteroatoms. The van der Waals surface area contributed by atoms with Crippen LogP contribution in [-0.4, -0.2) is 56.7 Å². The first kappa shape index (κ1) is 16.9. The molecule has 7 nitrogen and oxygen atoms in total. The summed E-state index contributed by atoms with van der Waals surface area (Å²) in [6.45, 7) is 10.6. The van der Waals surface area contributed by atoms with E-state index in [-0.39, 0.29) is 6.04 Å². The van der Waals surface area contributed by atoms with Gasteiger partial charge in [-0.3, -0.25) is 0 Å². The Labute approximate surface area is 131 Å². The number of nitrogens with zero attached hydrogens (tertiary/aromatic N) is 2. The maximum atomic E-state index is 12.4. The highest BCUT2D eigenvalue weighted by Crippen LogP contribution is 2.39. The first-order valence-electron chi connectivity index (χ1n) is 7.61. The molecule has 2 bridgehead atoms. The third-order valence-electron chi connectivity index (χ3n) is 3.52. The van der Waals surface area contributed by atoms with Crippen LogP contribution in [0.15, 0.2) is 0 Å². The number of hydrazine groups is 1. The number of hydrogen-bond acceptors (Lipinski definition) is 5. The molecule has 0 aromatic heterocycles. The van der Waals surface area contributed by atoms with Gasteiger partial charge < -0.3 is 14.6 Å². The number of fused-ring (bicyclic) bond motifs is 2. The Hall–Kier alpha value is -1.50. The molecular weight excluding hydrogens is 288 g/mol. The minimum atomic E-state index is -0.677. The Bertz CT molecular complexity index is 466. The first-order chi connectivity index (χ1) is 9.89. The highest BCUT2D eigenvalue weighted by atomic mass is 16.6. The normalized spacial score (nSPS) is 28.0. The maximum Gasteiger partial charge on any atom is 0.429 e. The van der Waals surface area contributed by atoms with Crippen LogP contribution in [0.25, 0.3) is 0 Å². The predicted octanol–water partition coefficient (Wildman–Crippen LogP) is 2.28. The molecule has 0 aromatic carbocycles. The molecular formula is C15H26N2O5. The number of ether oxygens (including phenoxy) is 2. The summed E-state index contributed by atoms with van der Waals surface area (Å²) in [5.41, 5.74) is -1.33. The van der Waals surface area contributed by atoms with Crippen molar-refractivity contribution in [3.63, 3.8) is 0 Å². The molecule has 2 aliphatic rings. The lowest BCUT2D eigenvalue weighted by atomic mass is 10.2. The van der Waals surface area contributed by atoms with E-state index in [1.807, 2.05) is 0 Å². The van der Waals surface area contributed by atoms with Crippen molar-refractivity contribution < 1.29 is 24.2 Å². The van der Waals surface area contributed by atoms with Crippen LogP contribution in [0.3, 0.4) is 0 Å². The lowest BCUT2D eigenvalue weighted by Crippen LogP contribution is -2.58. The van der Waals surface area contributed by atoms with E-state index in [9.17, 15) is 14.7 Å². The Kier molecular flexibility index (Phi) is 4.06. The molecule has 1 aliphatic heterocycles. The summed E-state index contributed by atoms with van der Waals surface area (Å²) in [7, 11) is 0. The fourth-order valence-electron chi connectivity index (χ4n) is 2.84. The molecule has 0 radical (unpaired) electrons. The van der Waals surface area contributed by atoms with Gasteiger partial charge >= 0.3 is 12.2 Å². The lowest BCUT2D eigenvalue weighted by Gasteiger charge is -2.40. The van der Waals surface area contributed by atoms with Gasteiger partial charge in [-0.2, -0.15) is 0 Å². The number of carbonyl (C=O) groups excluding carboxylic acids is 2. The van der Waals surface area contributed by atoms with Crippen molar-refractivity contribution in [2.45, 2.75) is 83.8 Å². The second-order valence-electron chi connectivity index (χ2n) is 7.91. The van der Waals surface area contributed by atoms with Gasteiger partial charge in [-0.05, 0) is 54.4 Å². The summed E-state index contributed by atoms with van der Waals surface area (Å²) < 4.78 is 10.7. The van der Waals surface area contributed by atoms with Crippen molar-refractivity contribution in [2.24, 2.45) is 0 Å². The molecule has 126 valence electrons. The van der Waals surface area contributed by atoms with Gasteiger partial charge in [0.2, 0.25) is 0 Å². The van der Waals surface area contributed by atoms with Crippen molar-refractivity contribution in [3.05, 3.63) is 0 Å². The summed E-state index contributed by atoms with van der Waals surface area (Å²) >= 11 is 0. The molecule has 2 rings (SSSR count). The molecule has 2 amide bonds. The molecule has 1 aliphatic carbocycles. The van der Waals surface area contributed by atoms with E-state index in [1.54, 1.807) is 41.5 Å². The zero-order chi connectivity index (χ0) is 16.9. The van der Waals surface area contributed by atoms with E-state index in [4.69, 9.17) is 9.47 Å². The van der Waals surface area contributed by atoms with Crippen molar-refractivity contribution in [3.8, 4) is 0 Å². The minimum Gasteiger partial charge on any atom is -0.442 e. The average molecular weight is 314 g/mol. The van der Waals surface area contributed by atoms with Gasteiger partial charge in [0.05, 0.1) is 18.2 Å². The summed E-state index contributed by atoms with van der Waals surface area (Å²) in [4.78, 5) is 24.8. The molecule has 1 saturated heterocycles. The highest BCUT2D eigenvalue weighted by Gasteiger charge is 2.55. The Balaban J connectivity index is 2.20. The van der Waals surface area contributed by atoms with Crippen molar-refractivity contribution in [1.29, 1.82) is 0 Å². The zero-order valence-corrected chi connectivity index (χ0v) is 14.1. The molecule has 22 heavy (non-hydrogen) atoms. The summed E-state index contributed by atoms with van der Waals surface area (Å²) in [6.07, 6.45) is -0.873. The third-order valence-corrected chi connectivity index (χ3v) is 3.52. The van der Waals surface area contributed by atoms with Crippen molar-refractivity contribution in [1.82, 2.24) is 10.0 Å². The SMILES string of the molecule is CC(C)(C)OC(=O)N1[C@H]2C[C@@H](O)[C@@H](C2)N1C(=O)OC(C)(C)C. The lowest BCUT2D eigenvalue weighted by molar-refractivity contribution is -0.0986. The topological polar surface area (TPSA) is 79.3 Å². The summed E-state index contributed by atoms with van der Waals surface area (Å²) in [6, 6.07) is -0.672. The fraction of sp³-hybridized carbons (Fsp3) is 0.867. The van der Waals surface area contributed by atoms with E-state index in [0.29, 0.717) is 12.8 Å². The largest absolute Gasteiger partial charge is 0.442 e. The Morgan fingerprint density at radius 2 is 1.36 bits per heavy atom. The van der Waals surface area contributed by atoms with Gasteiger partial charge in [0.1, 0.15) is 11.2 Å². The van der Waals surface area contributed by atoms with Gasteiger partial charge in [-0.15, -0.1) is 0 Å². The van der Waals surface area contributed by atoms with Crippen molar-refractivity contribution in [2.75, 3.05) is 0 Å². The van der Waals surface area contributed by atoms with Crippen LogP contribution in [0.5, 0.6) is 0 Å². The number of hydrogen-bond donors (Lipinski definition) is 1. The molecule has 1 N–H and O–H groups in total. The van der Waals surface area contributed by atoms with Crippen LogP contribution in [0.2, 0.25) is 0 Å². The second-order valence-corrected chi connectivity index (χ2v) is 7.91. The van der Waals surface area contributed by atoms with Gasteiger partial charge in [-0.1, -0.05) is 0 Å². The molecule has 1 heterocycles. The smallest absolute Gasteiger partial charge is 0.429 e. The van der Waals surface area contributed by atoms with Gasteiger partial charge in [0.25, 0.3) is 0 Å². The van der Waals surface area contributed by atoms with Crippen molar-refractivity contribution >= 4 is 12.2 Å². The van der Waals surface area contributed by atoms with E-state index in [0.717, 1.165) is 0 Å². The quantitative estimate of drug-likeness (QED) is 0.742. The van der Waals surface area contributed by atoms with E-state index in [2.05, 4.69) is 0 Å². The Morgan fingerprint density at radius 3 is 1.82 bits per heavy atom. The van der Waals surface area contributed by atoms with Crippen LogP contribution < -0.4 is 0 Å². The van der Waals surface area contributed by atoms with E-state index >= 15 is 0 Å². The Morgan fingerprint density at radius 1 is 0.909 bits per heavy atom. The standard InChI is InChI=1S/C15H26N2O5/c1-14(2,3)21-12(19)16-9-7-10(11(18)8-9)17(16)13(20)22-15(4,5)6/h9-11,18H,7-8H2,1-6H3/t9-,10-,11-/m1/s1.